The molecule has 7 nitrogen and oxygen atoms in total. The van der Waals surface area contributed by atoms with Gasteiger partial charge in [0.2, 0.25) is 0 Å². The van der Waals surface area contributed by atoms with E-state index in [2.05, 4.69) is 5.32 Å². The van der Waals surface area contributed by atoms with Crippen molar-refractivity contribution in [1.82, 2.24) is 10.2 Å². The molecule has 18 heavy (non-hydrogen) atoms. The summed E-state index contributed by atoms with van der Waals surface area (Å²) in [6.45, 7) is 3.55. The second kappa shape index (κ2) is 9.67. The number of hydrogen-bond donors (Lipinski definition) is 2. The molecule has 1 atom stereocenters. The summed E-state index contributed by atoms with van der Waals surface area (Å²) in [6, 6.07) is -0.248. The van der Waals surface area contributed by atoms with Crippen LogP contribution in [0.2, 0.25) is 0 Å². The van der Waals surface area contributed by atoms with E-state index in [1.165, 1.54) is 7.11 Å². The molecule has 0 heterocycles. The molecule has 0 aliphatic carbocycles. The Morgan fingerprint density at radius 1 is 1.39 bits per heavy atom. The molecule has 0 saturated carbocycles. The Hall–Kier alpha value is -1.34. The van der Waals surface area contributed by atoms with Crippen LogP contribution in [0.5, 0.6) is 0 Å². The number of methoxy groups -OCH3 is 2. The highest BCUT2D eigenvalue weighted by Gasteiger charge is 2.16. The minimum Gasteiger partial charge on any atom is -0.481 e. The number of aliphatic carboxylic acids is 1. The molecular formula is C11H22N2O5. The number of likely N-dealkylation sites (N-methyl/N-ethyl adjacent to an activating group) is 1. The highest BCUT2D eigenvalue weighted by atomic mass is 16.5. The molecule has 106 valence electrons. The van der Waals surface area contributed by atoms with Gasteiger partial charge in [-0.15, -0.1) is 0 Å². The third-order valence-corrected chi connectivity index (χ3v) is 2.45. The Labute approximate surface area is 107 Å². The van der Waals surface area contributed by atoms with Gasteiger partial charge in [-0.25, -0.2) is 4.79 Å². The average molecular weight is 262 g/mol. The maximum Gasteiger partial charge on any atom is 0.317 e. The third-order valence-electron chi connectivity index (χ3n) is 2.45. The van der Waals surface area contributed by atoms with E-state index in [-0.39, 0.29) is 19.0 Å². The molecule has 0 aliphatic heterocycles. The van der Waals surface area contributed by atoms with Crippen molar-refractivity contribution in [3.05, 3.63) is 0 Å². The van der Waals surface area contributed by atoms with Gasteiger partial charge >= 0.3 is 12.0 Å². The van der Waals surface area contributed by atoms with Gasteiger partial charge in [0.05, 0.1) is 19.1 Å². The summed E-state index contributed by atoms with van der Waals surface area (Å²) in [6.07, 6.45) is -0.659. The number of rotatable bonds is 9. The van der Waals surface area contributed by atoms with Crippen LogP contribution in [0.3, 0.4) is 0 Å². The number of nitrogens with one attached hydrogen (secondary N) is 1. The first-order chi connectivity index (χ1) is 8.54. The van der Waals surface area contributed by atoms with Gasteiger partial charge in [-0.1, -0.05) is 0 Å². The van der Waals surface area contributed by atoms with Gasteiger partial charge in [-0.3, -0.25) is 4.79 Å². The van der Waals surface area contributed by atoms with E-state index in [1.807, 2.05) is 6.92 Å². The molecule has 2 amide bonds. The molecule has 1 unspecified atom stereocenters. The predicted octanol–water partition coefficient (Wildman–Crippen LogP) is 0.154. The van der Waals surface area contributed by atoms with Crippen LogP contribution < -0.4 is 5.32 Å². The van der Waals surface area contributed by atoms with Crippen LogP contribution in [0.25, 0.3) is 0 Å². The lowest BCUT2D eigenvalue weighted by Gasteiger charge is -2.22. The van der Waals surface area contributed by atoms with Crippen LogP contribution in [0.1, 0.15) is 13.3 Å². The third kappa shape index (κ3) is 7.08. The number of ether oxygens (including phenoxy) is 2. The molecule has 0 fully saturated rings. The monoisotopic (exact) mass is 262 g/mol. The van der Waals surface area contributed by atoms with Crippen LogP contribution >= 0.6 is 0 Å². The van der Waals surface area contributed by atoms with E-state index in [0.29, 0.717) is 19.7 Å². The number of hydrogen-bond acceptors (Lipinski definition) is 4. The molecule has 0 rings (SSSR count). The van der Waals surface area contributed by atoms with E-state index < -0.39 is 12.1 Å². The SMILES string of the molecule is CCN(CCOC)C(=O)NCC(CC(=O)O)OC. The van der Waals surface area contributed by atoms with Gasteiger partial charge in [0.25, 0.3) is 0 Å². The summed E-state index contributed by atoms with van der Waals surface area (Å²) in [5.74, 6) is -0.956. The molecule has 0 saturated heterocycles. The molecule has 7 heteroatoms. The predicted molar refractivity (Wildman–Crippen MR) is 65.6 cm³/mol. The summed E-state index contributed by atoms with van der Waals surface area (Å²) in [4.78, 5) is 23.8. The van der Waals surface area contributed by atoms with E-state index >= 15 is 0 Å². The minimum absolute atomic E-state index is 0.138. The maximum atomic E-state index is 11.7. The van der Waals surface area contributed by atoms with Crippen molar-refractivity contribution in [2.75, 3.05) is 40.5 Å². The highest BCUT2D eigenvalue weighted by molar-refractivity contribution is 5.74. The van der Waals surface area contributed by atoms with Crippen molar-refractivity contribution in [3.63, 3.8) is 0 Å². The number of amides is 2. The molecule has 0 aliphatic rings. The first-order valence-corrected chi connectivity index (χ1v) is 5.81. The van der Waals surface area contributed by atoms with Gasteiger partial charge in [-0.05, 0) is 6.92 Å². The molecule has 0 spiro atoms. The van der Waals surface area contributed by atoms with Crippen molar-refractivity contribution in [2.45, 2.75) is 19.4 Å². The molecule has 0 aromatic rings. The summed E-state index contributed by atoms with van der Waals surface area (Å²) in [5.41, 5.74) is 0. The highest BCUT2D eigenvalue weighted by Crippen LogP contribution is 1.97. The number of nitrogens with zero attached hydrogens (tertiary/aromatic N) is 1. The van der Waals surface area contributed by atoms with Crippen molar-refractivity contribution in [1.29, 1.82) is 0 Å². The number of urea groups is 1. The van der Waals surface area contributed by atoms with E-state index in [9.17, 15) is 9.59 Å². The first-order valence-electron chi connectivity index (χ1n) is 5.81. The molecule has 0 aromatic heterocycles. The topological polar surface area (TPSA) is 88.1 Å². The quantitative estimate of drug-likeness (QED) is 0.617. The van der Waals surface area contributed by atoms with Crippen molar-refractivity contribution in [2.24, 2.45) is 0 Å². The number of carboxylic acids is 1. The number of carboxylic acid groups (broad SMARTS) is 1. The number of carbonyl (C=O) groups excluding carboxylic acids is 1. The van der Waals surface area contributed by atoms with E-state index in [4.69, 9.17) is 14.6 Å². The molecular weight excluding hydrogens is 240 g/mol. The lowest BCUT2D eigenvalue weighted by atomic mass is 10.2. The first kappa shape index (κ1) is 16.7. The van der Waals surface area contributed by atoms with Crippen molar-refractivity contribution in [3.8, 4) is 0 Å². The standard InChI is InChI=1S/C11H22N2O5/c1-4-13(5-6-17-2)11(16)12-8-9(18-3)7-10(14)15/h9H,4-8H2,1-3H3,(H,12,16)(H,14,15). The Balaban J connectivity index is 4.07. The van der Waals surface area contributed by atoms with Crippen molar-refractivity contribution >= 4 is 12.0 Å². The van der Waals surface area contributed by atoms with Gasteiger partial charge < -0.3 is 24.8 Å². The van der Waals surface area contributed by atoms with Gasteiger partial charge in [0.15, 0.2) is 0 Å². The Morgan fingerprint density at radius 3 is 2.50 bits per heavy atom. The zero-order chi connectivity index (χ0) is 14.0. The molecule has 2 N–H and O–H groups in total. The van der Waals surface area contributed by atoms with Crippen molar-refractivity contribution < 1.29 is 24.2 Å². The average Bonchev–Trinajstić information content (AvgIpc) is 2.34. The van der Waals surface area contributed by atoms with Crippen LogP contribution in [-0.4, -0.2) is 68.6 Å². The van der Waals surface area contributed by atoms with Gasteiger partial charge in [-0.2, -0.15) is 0 Å². The fourth-order valence-corrected chi connectivity index (χ4v) is 1.35. The zero-order valence-electron chi connectivity index (χ0n) is 11.1. The van der Waals surface area contributed by atoms with Gasteiger partial charge in [0.1, 0.15) is 0 Å². The summed E-state index contributed by atoms with van der Waals surface area (Å²) >= 11 is 0. The lowest BCUT2D eigenvalue weighted by Crippen LogP contribution is -2.44. The second-order valence-corrected chi connectivity index (χ2v) is 3.71. The van der Waals surface area contributed by atoms with Gasteiger partial charge in [0, 0.05) is 33.9 Å². The maximum absolute atomic E-state index is 11.7. The minimum atomic E-state index is -0.956. The smallest absolute Gasteiger partial charge is 0.317 e. The fourth-order valence-electron chi connectivity index (χ4n) is 1.35. The lowest BCUT2D eigenvalue weighted by molar-refractivity contribution is -0.139. The summed E-state index contributed by atoms with van der Waals surface area (Å²) in [5, 5.41) is 11.3. The van der Waals surface area contributed by atoms with Crippen LogP contribution in [0.15, 0.2) is 0 Å². The van der Waals surface area contributed by atoms with Crippen LogP contribution in [-0.2, 0) is 14.3 Å². The second-order valence-electron chi connectivity index (χ2n) is 3.71. The molecule has 0 radical (unpaired) electrons. The van der Waals surface area contributed by atoms with E-state index in [1.54, 1.807) is 12.0 Å². The number of carbonyl (C=O) groups is 2. The molecule has 0 bridgehead atoms. The fraction of sp³-hybridized carbons (Fsp3) is 0.818. The molecule has 0 aromatic carbocycles. The summed E-state index contributed by atoms with van der Waals surface area (Å²) in [7, 11) is 2.99. The Morgan fingerprint density at radius 2 is 2.06 bits per heavy atom. The van der Waals surface area contributed by atoms with Crippen LogP contribution in [0, 0.1) is 0 Å². The zero-order valence-corrected chi connectivity index (χ0v) is 11.1. The Kier molecular flexibility index (Phi) is 8.95. The Bertz CT molecular complexity index is 260. The summed E-state index contributed by atoms with van der Waals surface area (Å²) < 4.78 is 9.87. The largest absolute Gasteiger partial charge is 0.481 e. The van der Waals surface area contributed by atoms with Crippen LogP contribution in [0.4, 0.5) is 4.79 Å². The van der Waals surface area contributed by atoms with E-state index in [0.717, 1.165) is 0 Å². The normalized spacial score (nSPS) is 11.9.